The molecule has 3 rings (SSSR count). The molecule has 0 bridgehead atoms. The molecule has 1 aromatic heterocycles. The van der Waals surface area contributed by atoms with Crippen LogP contribution >= 0.6 is 31.9 Å². The van der Waals surface area contributed by atoms with E-state index in [1.165, 1.54) is 11.0 Å². The molecule has 110 valence electrons. The highest BCUT2D eigenvalue weighted by Gasteiger charge is 2.10. The molecule has 1 heterocycles. The second-order valence-electron chi connectivity index (χ2n) is 4.38. The molecule has 0 aliphatic rings. The minimum Gasteiger partial charge on any atom is -0.321 e. The van der Waals surface area contributed by atoms with E-state index in [1.54, 1.807) is 18.2 Å². The van der Waals surface area contributed by atoms with Crippen molar-refractivity contribution in [2.75, 3.05) is 5.32 Å². The predicted octanol–water partition coefficient (Wildman–Crippen LogP) is 3.44. The second-order valence-corrected chi connectivity index (χ2v) is 6.15. The summed E-state index contributed by atoms with van der Waals surface area (Å²) in [5.41, 5.74) is 1.91. The van der Waals surface area contributed by atoms with Gasteiger partial charge in [0, 0.05) is 14.5 Å². The van der Waals surface area contributed by atoms with Crippen LogP contribution in [-0.4, -0.2) is 26.1 Å². The molecule has 0 saturated heterocycles. The number of hydrogen-bond donors (Lipinski definition) is 1. The molecule has 0 spiro atoms. The molecule has 1 amide bonds. The van der Waals surface area contributed by atoms with Gasteiger partial charge in [-0.05, 0) is 62.8 Å². The number of carbonyl (C=O) groups is 1. The molecular formula is C14H9Br2N5O. The molecule has 8 heteroatoms. The van der Waals surface area contributed by atoms with Crippen molar-refractivity contribution >= 4 is 43.5 Å². The summed E-state index contributed by atoms with van der Waals surface area (Å²) in [6.45, 7) is 0. The third-order valence-electron chi connectivity index (χ3n) is 2.90. The number of rotatable bonds is 3. The van der Waals surface area contributed by atoms with Crippen molar-refractivity contribution in [1.82, 2.24) is 20.2 Å². The fraction of sp³-hybridized carbons (Fsp3) is 0. The van der Waals surface area contributed by atoms with Crippen LogP contribution in [0.1, 0.15) is 10.4 Å². The zero-order valence-electron chi connectivity index (χ0n) is 11.1. The van der Waals surface area contributed by atoms with E-state index in [-0.39, 0.29) is 5.91 Å². The maximum Gasteiger partial charge on any atom is 0.255 e. The summed E-state index contributed by atoms with van der Waals surface area (Å²) < 4.78 is 3.18. The molecule has 3 aromatic rings. The van der Waals surface area contributed by atoms with Crippen molar-refractivity contribution in [3.63, 3.8) is 0 Å². The summed E-state index contributed by atoms with van der Waals surface area (Å²) in [5.74, 6) is -0.214. The van der Waals surface area contributed by atoms with Crippen molar-refractivity contribution in [1.29, 1.82) is 0 Å². The van der Waals surface area contributed by atoms with Gasteiger partial charge in [0.1, 0.15) is 6.33 Å². The number of anilines is 1. The maximum absolute atomic E-state index is 12.4. The van der Waals surface area contributed by atoms with Crippen LogP contribution in [-0.2, 0) is 0 Å². The summed E-state index contributed by atoms with van der Waals surface area (Å²) in [6.07, 6.45) is 1.47. The van der Waals surface area contributed by atoms with Gasteiger partial charge in [-0.25, -0.2) is 4.68 Å². The van der Waals surface area contributed by atoms with Crippen LogP contribution in [0.2, 0.25) is 0 Å². The van der Waals surface area contributed by atoms with Gasteiger partial charge in [-0.2, -0.15) is 0 Å². The predicted molar refractivity (Wildman–Crippen MR) is 88.9 cm³/mol. The summed E-state index contributed by atoms with van der Waals surface area (Å²) >= 11 is 6.79. The van der Waals surface area contributed by atoms with Crippen LogP contribution in [0.4, 0.5) is 5.69 Å². The average molecular weight is 423 g/mol. The first-order valence-corrected chi connectivity index (χ1v) is 7.82. The molecule has 1 N–H and O–H groups in total. The van der Waals surface area contributed by atoms with Crippen molar-refractivity contribution in [2.45, 2.75) is 0 Å². The fourth-order valence-electron chi connectivity index (χ4n) is 1.86. The van der Waals surface area contributed by atoms with E-state index in [2.05, 4.69) is 52.7 Å². The normalized spacial score (nSPS) is 10.5. The lowest BCUT2D eigenvalue weighted by Crippen LogP contribution is -2.13. The average Bonchev–Trinajstić information content (AvgIpc) is 3.05. The highest BCUT2D eigenvalue weighted by atomic mass is 79.9. The van der Waals surface area contributed by atoms with Gasteiger partial charge in [0.05, 0.1) is 11.4 Å². The van der Waals surface area contributed by atoms with Crippen molar-refractivity contribution in [3.8, 4) is 5.69 Å². The maximum atomic E-state index is 12.4. The number of halogens is 2. The lowest BCUT2D eigenvalue weighted by atomic mass is 10.2. The minimum atomic E-state index is -0.214. The number of nitrogens with one attached hydrogen (secondary N) is 1. The first kappa shape index (κ1) is 14.9. The van der Waals surface area contributed by atoms with Gasteiger partial charge < -0.3 is 5.32 Å². The van der Waals surface area contributed by atoms with Crippen LogP contribution in [0.25, 0.3) is 5.69 Å². The third kappa shape index (κ3) is 3.23. The Labute approximate surface area is 142 Å². The zero-order valence-corrected chi connectivity index (χ0v) is 14.2. The van der Waals surface area contributed by atoms with Gasteiger partial charge in [0.15, 0.2) is 0 Å². The zero-order chi connectivity index (χ0) is 15.5. The Bertz CT molecular complexity index is 820. The highest BCUT2D eigenvalue weighted by Crippen LogP contribution is 2.26. The lowest BCUT2D eigenvalue weighted by Gasteiger charge is -2.09. The van der Waals surface area contributed by atoms with E-state index >= 15 is 0 Å². The molecule has 0 saturated carbocycles. The van der Waals surface area contributed by atoms with Gasteiger partial charge in [0.2, 0.25) is 0 Å². The summed E-state index contributed by atoms with van der Waals surface area (Å²) in [6, 6.07) is 12.6. The summed E-state index contributed by atoms with van der Waals surface area (Å²) in [4.78, 5) is 12.4. The Morgan fingerprint density at radius 3 is 2.77 bits per heavy atom. The minimum absolute atomic E-state index is 0.214. The Morgan fingerprint density at radius 1 is 1.14 bits per heavy atom. The Morgan fingerprint density at radius 2 is 2.00 bits per heavy atom. The van der Waals surface area contributed by atoms with Crippen molar-refractivity contribution in [2.24, 2.45) is 0 Å². The van der Waals surface area contributed by atoms with E-state index in [0.29, 0.717) is 16.9 Å². The molecule has 2 aromatic carbocycles. The van der Waals surface area contributed by atoms with Crippen LogP contribution in [0.15, 0.2) is 57.7 Å². The number of amides is 1. The van der Waals surface area contributed by atoms with E-state index in [4.69, 9.17) is 0 Å². The molecule has 0 unspecified atom stereocenters. The molecule has 0 aliphatic heterocycles. The van der Waals surface area contributed by atoms with E-state index in [0.717, 1.165) is 8.95 Å². The first-order chi connectivity index (χ1) is 10.6. The quantitative estimate of drug-likeness (QED) is 0.701. The SMILES string of the molecule is O=C(Nc1cc(Br)ccc1Br)c1cccc(-n2cnnn2)c1. The third-order valence-corrected chi connectivity index (χ3v) is 4.08. The van der Waals surface area contributed by atoms with Gasteiger partial charge >= 0.3 is 0 Å². The lowest BCUT2D eigenvalue weighted by molar-refractivity contribution is 0.102. The molecule has 0 atom stereocenters. The number of nitrogens with zero attached hydrogens (tertiary/aromatic N) is 4. The van der Waals surface area contributed by atoms with Gasteiger partial charge in [0.25, 0.3) is 5.91 Å². The van der Waals surface area contributed by atoms with Gasteiger partial charge in [-0.15, -0.1) is 5.10 Å². The van der Waals surface area contributed by atoms with E-state index in [9.17, 15) is 4.79 Å². The second kappa shape index (κ2) is 6.37. The van der Waals surface area contributed by atoms with E-state index < -0.39 is 0 Å². The number of aromatic nitrogens is 4. The molecular weight excluding hydrogens is 414 g/mol. The summed E-state index contributed by atoms with van der Waals surface area (Å²) in [5, 5.41) is 13.8. The number of hydrogen-bond acceptors (Lipinski definition) is 4. The first-order valence-electron chi connectivity index (χ1n) is 6.23. The number of carbonyl (C=O) groups excluding carboxylic acids is 1. The van der Waals surface area contributed by atoms with Crippen molar-refractivity contribution in [3.05, 3.63) is 63.3 Å². The number of tetrazole rings is 1. The monoisotopic (exact) mass is 421 g/mol. The van der Waals surface area contributed by atoms with Crippen molar-refractivity contribution < 1.29 is 4.79 Å². The smallest absolute Gasteiger partial charge is 0.255 e. The van der Waals surface area contributed by atoms with Gasteiger partial charge in [-0.3, -0.25) is 4.79 Å². The fourth-order valence-corrected chi connectivity index (χ4v) is 2.56. The Kier molecular flexibility index (Phi) is 4.30. The Hall–Kier alpha value is -2.06. The van der Waals surface area contributed by atoms with Gasteiger partial charge in [-0.1, -0.05) is 22.0 Å². The van der Waals surface area contributed by atoms with Crippen LogP contribution in [0, 0.1) is 0 Å². The summed E-state index contributed by atoms with van der Waals surface area (Å²) in [7, 11) is 0. The van der Waals surface area contributed by atoms with Crippen LogP contribution < -0.4 is 5.32 Å². The highest BCUT2D eigenvalue weighted by molar-refractivity contribution is 9.11. The molecule has 6 nitrogen and oxygen atoms in total. The number of benzene rings is 2. The Balaban J connectivity index is 1.86. The molecule has 0 fully saturated rings. The molecule has 0 radical (unpaired) electrons. The van der Waals surface area contributed by atoms with Crippen LogP contribution in [0.3, 0.4) is 0 Å². The van der Waals surface area contributed by atoms with Crippen LogP contribution in [0.5, 0.6) is 0 Å². The largest absolute Gasteiger partial charge is 0.321 e. The topological polar surface area (TPSA) is 72.7 Å². The molecule has 0 aliphatic carbocycles. The molecule has 22 heavy (non-hydrogen) atoms. The standard InChI is InChI=1S/C14H9Br2N5O/c15-10-4-5-12(16)13(7-10)18-14(22)9-2-1-3-11(6-9)21-8-17-19-20-21/h1-8H,(H,18,22). The van der Waals surface area contributed by atoms with E-state index in [1.807, 2.05) is 24.3 Å².